The van der Waals surface area contributed by atoms with Gasteiger partial charge in [0.15, 0.2) is 0 Å². The van der Waals surface area contributed by atoms with E-state index in [4.69, 9.17) is 0 Å². The van der Waals surface area contributed by atoms with Crippen molar-refractivity contribution in [3.63, 3.8) is 0 Å². The molecule has 1 N–H and O–H groups in total. The predicted molar refractivity (Wildman–Crippen MR) is 79.5 cm³/mol. The van der Waals surface area contributed by atoms with Gasteiger partial charge in [-0.2, -0.15) is 0 Å². The summed E-state index contributed by atoms with van der Waals surface area (Å²) in [5.74, 6) is 2.92. The minimum Gasteiger partial charge on any atom is -0.360 e. The lowest BCUT2D eigenvalue weighted by Crippen LogP contribution is -2.22. The Labute approximate surface area is 116 Å². The summed E-state index contributed by atoms with van der Waals surface area (Å²) >= 11 is 0. The van der Waals surface area contributed by atoms with Gasteiger partial charge in [-0.25, -0.2) is 9.97 Å². The highest BCUT2D eigenvalue weighted by molar-refractivity contribution is 5.36. The Morgan fingerprint density at radius 1 is 1.37 bits per heavy atom. The molecule has 1 heterocycles. The highest BCUT2D eigenvalue weighted by Crippen LogP contribution is 2.27. The SMILES string of the molecule is CNCCc1nccc(N(C)CCC2CCCC2)n1. The van der Waals surface area contributed by atoms with Gasteiger partial charge in [-0.15, -0.1) is 0 Å². The van der Waals surface area contributed by atoms with Crippen LogP contribution >= 0.6 is 0 Å². The molecule has 0 atom stereocenters. The Morgan fingerprint density at radius 3 is 2.89 bits per heavy atom. The topological polar surface area (TPSA) is 41.1 Å². The Kier molecular flexibility index (Phi) is 5.58. The molecule has 0 spiro atoms. The first-order valence-electron chi connectivity index (χ1n) is 7.47. The smallest absolute Gasteiger partial charge is 0.131 e. The third-order valence-electron chi connectivity index (χ3n) is 4.03. The van der Waals surface area contributed by atoms with Crippen LogP contribution in [0.2, 0.25) is 0 Å². The Bertz CT molecular complexity index is 374. The summed E-state index contributed by atoms with van der Waals surface area (Å²) in [7, 11) is 4.09. The second-order valence-electron chi connectivity index (χ2n) is 5.55. The number of likely N-dealkylation sites (N-methyl/N-ethyl adjacent to an activating group) is 1. The van der Waals surface area contributed by atoms with Gasteiger partial charge in [-0.1, -0.05) is 25.7 Å². The van der Waals surface area contributed by atoms with Crippen LogP contribution in [0.4, 0.5) is 5.82 Å². The third kappa shape index (κ3) is 4.46. The maximum absolute atomic E-state index is 4.63. The van der Waals surface area contributed by atoms with Crippen molar-refractivity contribution >= 4 is 5.82 Å². The second kappa shape index (κ2) is 7.43. The minimum atomic E-state index is 0.890. The second-order valence-corrected chi connectivity index (χ2v) is 5.55. The number of nitrogens with one attached hydrogen (secondary N) is 1. The first kappa shape index (κ1) is 14.3. The van der Waals surface area contributed by atoms with E-state index in [1.165, 1.54) is 32.1 Å². The van der Waals surface area contributed by atoms with E-state index >= 15 is 0 Å². The van der Waals surface area contributed by atoms with Crippen molar-refractivity contribution in [3.8, 4) is 0 Å². The molecular formula is C15H26N4. The van der Waals surface area contributed by atoms with Gasteiger partial charge in [0.05, 0.1) is 0 Å². The summed E-state index contributed by atoms with van der Waals surface area (Å²) in [6.45, 7) is 2.03. The highest BCUT2D eigenvalue weighted by Gasteiger charge is 2.15. The van der Waals surface area contributed by atoms with Gasteiger partial charge >= 0.3 is 0 Å². The van der Waals surface area contributed by atoms with Crippen LogP contribution in [0.3, 0.4) is 0 Å². The average molecular weight is 262 g/mol. The zero-order valence-electron chi connectivity index (χ0n) is 12.2. The lowest BCUT2D eigenvalue weighted by Gasteiger charge is -2.20. The van der Waals surface area contributed by atoms with Gasteiger partial charge in [0.25, 0.3) is 0 Å². The standard InChI is InChI=1S/C15H26N4/c1-16-10-7-14-17-11-8-15(18-14)19(2)12-9-13-5-3-4-6-13/h8,11,13,16H,3-7,9-10,12H2,1-2H3. The van der Waals surface area contributed by atoms with Crippen molar-refractivity contribution in [1.82, 2.24) is 15.3 Å². The number of aromatic nitrogens is 2. The fraction of sp³-hybridized carbons (Fsp3) is 0.733. The van der Waals surface area contributed by atoms with Crippen LogP contribution in [0.25, 0.3) is 0 Å². The molecule has 106 valence electrons. The number of rotatable bonds is 7. The maximum atomic E-state index is 4.63. The molecule has 0 aliphatic heterocycles. The number of nitrogens with zero attached hydrogens (tertiary/aromatic N) is 3. The molecule has 1 saturated carbocycles. The van der Waals surface area contributed by atoms with E-state index in [0.717, 1.165) is 37.1 Å². The van der Waals surface area contributed by atoms with Crippen LogP contribution in [0.5, 0.6) is 0 Å². The van der Waals surface area contributed by atoms with E-state index in [1.54, 1.807) is 0 Å². The van der Waals surface area contributed by atoms with Crippen LogP contribution in [0.15, 0.2) is 12.3 Å². The Hall–Kier alpha value is -1.16. The molecule has 1 aliphatic carbocycles. The Morgan fingerprint density at radius 2 is 2.16 bits per heavy atom. The molecule has 0 aromatic carbocycles. The molecule has 1 aromatic heterocycles. The fourth-order valence-electron chi connectivity index (χ4n) is 2.75. The molecule has 0 bridgehead atoms. The molecule has 4 nitrogen and oxygen atoms in total. The summed E-state index contributed by atoms with van der Waals surface area (Å²) in [6.07, 6.45) is 9.76. The maximum Gasteiger partial charge on any atom is 0.131 e. The molecule has 0 radical (unpaired) electrons. The molecule has 1 aliphatic rings. The van der Waals surface area contributed by atoms with Gasteiger partial charge in [0, 0.05) is 32.8 Å². The van der Waals surface area contributed by atoms with Crippen molar-refractivity contribution in [2.24, 2.45) is 5.92 Å². The normalized spacial score (nSPS) is 15.9. The quantitative estimate of drug-likeness (QED) is 0.818. The third-order valence-corrected chi connectivity index (χ3v) is 4.03. The van der Waals surface area contributed by atoms with E-state index in [9.17, 15) is 0 Å². The van der Waals surface area contributed by atoms with Gasteiger partial charge < -0.3 is 10.2 Å². The molecule has 1 fully saturated rings. The largest absolute Gasteiger partial charge is 0.360 e. The van der Waals surface area contributed by atoms with E-state index < -0.39 is 0 Å². The van der Waals surface area contributed by atoms with Crippen molar-refractivity contribution in [1.29, 1.82) is 0 Å². The Balaban J connectivity index is 1.84. The number of hydrogen-bond acceptors (Lipinski definition) is 4. The summed E-state index contributed by atoms with van der Waals surface area (Å²) in [5.41, 5.74) is 0. The zero-order chi connectivity index (χ0) is 13.5. The summed E-state index contributed by atoms with van der Waals surface area (Å²) in [5, 5.41) is 3.13. The molecule has 19 heavy (non-hydrogen) atoms. The number of anilines is 1. The zero-order valence-corrected chi connectivity index (χ0v) is 12.2. The minimum absolute atomic E-state index is 0.890. The van der Waals surface area contributed by atoms with Gasteiger partial charge in [-0.3, -0.25) is 0 Å². The summed E-state index contributed by atoms with van der Waals surface area (Å²) in [6, 6.07) is 2.01. The van der Waals surface area contributed by atoms with Crippen LogP contribution < -0.4 is 10.2 Å². The monoisotopic (exact) mass is 262 g/mol. The van der Waals surface area contributed by atoms with Crippen LogP contribution in [0.1, 0.15) is 37.9 Å². The van der Waals surface area contributed by atoms with Gasteiger partial charge in [0.2, 0.25) is 0 Å². The van der Waals surface area contributed by atoms with E-state index in [2.05, 4.69) is 27.2 Å². The predicted octanol–water partition coefficient (Wildman–Crippen LogP) is 2.25. The molecule has 4 heteroatoms. The highest BCUT2D eigenvalue weighted by atomic mass is 15.2. The van der Waals surface area contributed by atoms with Gasteiger partial charge in [0.1, 0.15) is 11.6 Å². The van der Waals surface area contributed by atoms with Crippen LogP contribution in [-0.2, 0) is 6.42 Å². The molecule has 2 rings (SSSR count). The molecule has 1 aromatic rings. The first-order chi connectivity index (χ1) is 9.29. The van der Waals surface area contributed by atoms with Crippen LogP contribution in [-0.4, -0.2) is 37.2 Å². The molecule has 0 unspecified atom stereocenters. The molecular weight excluding hydrogens is 236 g/mol. The lowest BCUT2D eigenvalue weighted by molar-refractivity contribution is 0.504. The van der Waals surface area contributed by atoms with Crippen molar-refractivity contribution in [2.45, 2.75) is 38.5 Å². The summed E-state index contributed by atoms with van der Waals surface area (Å²) < 4.78 is 0. The van der Waals surface area contributed by atoms with E-state index in [-0.39, 0.29) is 0 Å². The summed E-state index contributed by atoms with van der Waals surface area (Å²) in [4.78, 5) is 11.2. The van der Waals surface area contributed by atoms with Crippen molar-refractivity contribution < 1.29 is 0 Å². The van der Waals surface area contributed by atoms with Crippen molar-refractivity contribution in [2.75, 3.05) is 32.1 Å². The average Bonchev–Trinajstić information content (AvgIpc) is 2.96. The van der Waals surface area contributed by atoms with E-state index in [1.807, 2.05) is 19.3 Å². The van der Waals surface area contributed by atoms with Crippen LogP contribution in [0, 0.1) is 5.92 Å². The van der Waals surface area contributed by atoms with E-state index in [0.29, 0.717) is 0 Å². The van der Waals surface area contributed by atoms with Gasteiger partial charge in [-0.05, 0) is 25.5 Å². The fourth-order valence-corrected chi connectivity index (χ4v) is 2.75. The molecule has 0 amide bonds. The molecule has 0 saturated heterocycles. The lowest BCUT2D eigenvalue weighted by atomic mass is 10.0. The van der Waals surface area contributed by atoms with Crippen molar-refractivity contribution in [3.05, 3.63) is 18.1 Å². The number of hydrogen-bond donors (Lipinski definition) is 1. The first-order valence-corrected chi connectivity index (χ1v) is 7.47.